The van der Waals surface area contributed by atoms with Crippen molar-refractivity contribution in [3.05, 3.63) is 24.3 Å². The summed E-state index contributed by atoms with van der Waals surface area (Å²) in [5, 5.41) is 2.24. The van der Waals surface area contributed by atoms with Crippen molar-refractivity contribution < 1.29 is 9.47 Å². The molecule has 2 aromatic carbocycles. The zero-order chi connectivity index (χ0) is 23.4. The molecule has 33 heavy (non-hydrogen) atoms. The van der Waals surface area contributed by atoms with Gasteiger partial charge >= 0.3 is 0 Å². The summed E-state index contributed by atoms with van der Waals surface area (Å²) < 4.78 is 12.9. The lowest BCUT2D eigenvalue weighted by atomic mass is 9.93. The molecule has 0 aliphatic carbocycles. The summed E-state index contributed by atoms with van der Waals surface area (Å²) in [6.45, 7) is 9.11. The van der Waals surface area contributed by atoms with Gasteiger partial charge in [-0.1, -0.05) is 72.6 Å². The van der Waals surface area contributed by atoms with E-state index in [1.165, 1.54) is 57.1 Å². The molecule has 3 unspecified atom stereocenters. The molecule has 0 spiro atoms. The van der Waals surface area contributed by atoms with Gasteiger partial charge in [-0.3, -0.25) is 0 Å². The normalized spacial score (nSPS) is 18.5. The number of rotatable bonds is 12. The third kappa shape index (κ3) is 5.00. The summed E-state index contributed by atoms with van der Waals surface area (Å²) in [5.74, 6) is 4.08. The molecule has 0 aromatic heterocycles. The largest absolute Gasteiger partial charge is 0.470 e. The van der Waals surface area contributed by atoms with Gasteiger partial charge in [0.15, 0.2) is 12.1 Å². The SMILES string of the molecule is CCCCC(CC)CC1=Nc2ccc3c4c(ccc(c24)O1)N(C)C(CC(CC)CCCC)O3. The molecule has 0 bridgehead atoms. The summed E-state index contributed by atoms with van der Waals surface area (Å²) >= 11 is 0. The van der Waals surface area contributed by atoms with Crippen LogP contribution in [0.4, 0.5) is 11.4 Å². The summed E-state index contributed by atoms with van der Waals surface area (Å²) in [4.78, 5) is 7.28. The average molecular weight is 451 g/mol. The first-order valence-corrected chi connectivity index (χ1v) is 13.3. The Morgan fingerprint density at radius 1 is 0.879 bits per heavy atom. The van der Waals surface area contributed by atoms with E-state index in [1.807, 2.05) is 0 Å². The molecule has 0 saturated heterocycles. The minimum absolute atomic E-state index is 0.0750. The van der Waals surface area contributed by atoms with Crippen LogP contribution in [0.2, 0.25) is 0 Å². The molecule has 0 fully saturated rings. The van der Waals surface area contributed by atoms with Crippen LogP contribution in [0.15, 0.2) is 29.3 Å². The van der Waals surface area contributed by atoms with Crippen molar-refractivity contribution >= 4 is 28.0 Å². The van der Waals surface area contributed by atoms with Gasteiger partial charge in [0.25, 0.3) is 0 Å². The lowest BCUT2D eigenvalue weighted by Gasteiger charge is -2.38. The monoisotopic (exact) mass is 450 g/mol. The van der Waals surface area contributed by atoms with Gasteiger partial charge in [0.05, 0.1) is 22.1 Å². The predicted molar refractivity (Wildman–Crippen MR) is 140 cm³/mol. The van der Waals surface area contributed by atoms with Crippen molar-refractivity contribution in [2.45, 2.75) is 98.1 Å². The summed E-state index contributed by atoms with van der Waals surface area (Å²) in [7, 11) is 2.17. The number of ether oxygens (including phenoxy) is 2. The van der Waals surface area contributed by atoms with Gasteiger partial charge in [0, 0.05) is 19.9 Å². The lowest BCUT2D eigenvalue weighted by Crippen LogP contribution is -2.40. The van der Waals surface area contributed by atoms with Gasteiger partial charge in [-0.05, 0) is 42.5 Å². The van der Waals surface area contributed by atoms with Crippen LogP contribution in [0.3, 0.4) is 0 Å². The van der Waals surface area contributed by atoms with Crippen LogP contribution >= 0.6 is 0 Å². The summed E-state index contributed by atoms with van der Waals surface area (Å²) in [5.41, 5.74) is 2.24. The minimum Gasteiger partial charge on any atom is -0.470 e. The summed E-state index contributed by atoms with van der Waals surface area (Å²) in [6, 6.07) is 8.60. The van der Waals surface area contributed by atoms with Crippen LogP contribution in [-0.4, -0.2) is 19.2 Å². The fourth-order valence-corrected chi connectivity index (χ4v) is 5.38. The molecule has 2 aromatic rings. The molecule has 2 aliphatic rings. The van der Waals surface area contributed by atoms with E-state index in [9.17, 15) is 0 Å². The smallest absolute Gasteiger partial charge is 0.195 e. The number of aliphatic imine (C=N–C) groups is 1. The number of nitrogens with zero attached hydrogens (tertiary/aromatic N) is 2. The first kappa shape index (κ1) is 23.9. The number of unbranched alkanes of at least 4 members (excludes halogenated alkanes) is 2. The predicted octanol–water partition coefficient (Wildman–Crippen LogP) is 8.63. The Morgan fingerprint density at radius 2 is 1.58 bits per heavy atom. The summed E-state index contributed by atoms with van der Waals surface area (Å²) in [6.07, 6.45) is 12.0. The molecule has 4 heteroatoms. The molecule has 180 valence electrons. The number of hydrogen-bond donors (Lipinski definition) is 0. The highest BCUT2D eigenvalue weighted by Crippen LogP contribution is 2.49. The van der Waals surface area contributed by atoms with Crippen molar-refractivity contribution in [2.75, 3.05) is 11.9 Å². The third-order valence-electron chi connectivity index (χ3n) is 7.67. The number of anilines is 1. The maximum atomic E-state index is 6.58. The Labute approximate surface area is 200 Å². The molecule has 2 heterocycles. The second-order valence-electron chi connectivity index (χ2n) is 9.98. The average Bonchev–Trinajstić information content (AvgIpc) is 2.84. The van der Waals surface area contributed by atoms with Crippen molar-refractivity contribution in [2.24, 2.45) is 16.8 Å². The molecule has 0 amide bonds. The van der Waals surface area contributed by atoms with Crippen LogP contribution in [0.5, 0.6) is 11.5 Å². The van der Waals surface area contributed by atoms with Crippen LogP contribution in [0.1, 0.15) is 91.9 Å². The van der Waals surface area contributed by atoms with Gasteiger partial charge in [-0.25, -0.2) is 4.99 Å². The molecular formula is C29H42N2O2. The lowest BCUT2D eigenvalue weighted by molar-refractivity contribution is 0.159. The van der Waals surface area contributed by atoms with Crippen molar-refractivity contribution in [3.8, 4) is 11.5 Å². The van der Waals surface area contributed by atoms with E-state index in [0.717, 1.165) is 46.7 Å². The van der Waals surface area contributed by atoms with Crippen molar-refractivity contribution in [1.29, 1.82) is 0 Å². The molecule has 4 nitrogen and oxygen atoms in total. The topological polar surface area (TPSA) is 34.1 Å². The standard InChI is InChI=1S/C29H42N2O2/c1-6-10-12-20(8-3)18-26-30-22-14-16-25-29-23(15-17-24(32-26)28(22)29)31(5)27(33-25)19-21(9-4)13-11-7-2/h14-17,20-21,27H,6-13,18-19H2,1-5H3. The van der Waals surface area contributed by atoms with E-state index in [-0.39, 0.29) is 6.23 Å². The zero-order valence-corrected chi connectivity index (χ0v) is 21.3. The first-order chi connectivity index (χ1) is 16.1. The van der Waals surface area contributed by atoms with E-state index in [4.69, 9.17) is 14.5 Å². The second kappa shape index (κ2) is 10.8. The zero-order valence-electron chi connectivity index (χ0n) is 21.3. The van der Waals surface area contributed by atoms with Crippen molar-refractivity contribution in [3.63, 3.8) is 0 Å². The van der Waals surface area contributed by atoms with E-state index in [0.29, 0.717) is 11.8 Å². The van der Waals surface area contributed by atoms with Crippen LogP contribution < -0.4 is 14.4 Å². The Morgan fingerprint density at radius 3 is 2.27 bits per heavy atom. The molecule has 3 atom stereocenters. The maximum Gasteiger partial charge on any atom is 0.195 e. The Hall–Kier alpha value is -2.23. The number of hydrogen-bond acceptors (Lipinski definition) is 4. The Kier molecular flexibility index (Phi) is 7.82. The van der Waals surface area contributed by atoms with E-state index in [2.05, 4.69) is 63.9 Å². The highest BCUT2D eigenvalue weighted by atomic mass is 16.5. The third-order valence-corrected chi connectivity index (χ3v) is 7.67. The molecular weight excluding hydrogens is 408 g/mol. The minimum atomic E-state index is 0.0750. The molecule has 0 saturated carbocycles. The first-order valence-electron chi connectivity index (χ1n) is 13.3. The van der Waals surface area contributed by atoms with Gasteiger partial charge < -0.3 is 14.4 Å². The van der Waals surface area contributed by atoms with E-state index >= 15 is 0 Å². The molecule has 4 rings (SSSR count). The fourth-order valence-electron chi connectivity index (χ4n) is 5.38. The van der Waals surface area contributed by atoms with Crippen LogP contribution in [0, 0.1) is 11.8 Å². The Bertz CT molecular complexity index is 983. The molecule has 0 N–H and O–H groups in total. The molecule has 2 aliphatic heterocycles. The van der Waals surface area contributed by atoms with Gasteiger partial charge in [-0.2, -0.15) is 0 Å². The van der Waals surface area contributed by atoms with Crippen LogP contribution in [-0.2, 0) is 0 Å². The number of benzene rings is 2. The maximum absolute atomic E-state index is 6.58. The van der Waals surface area contributed by atoms with Crippen molar-refractivity contribution in [1.82, 2.24) is 0 Å². The van der Waals surface area contributed by atoms with E-state index in [1.54, 1.807) is 0 Å². The Balaban J connectivity index is 1.60. The van der Waals surface area contributed by atoms with Crippen LogP contribution in [0.25, 0.3) is 10.8 Å². The van der Waals surface area contributed by atoms with Gasteiger partial charge in [-0.15, -0.1) is 0 Å². The highest BCUT2D eigenvalue weighted by Gasteiger charge is 2.31. The molecule has 0 radical (unpaired) electrons. The highest BCUT2D eigenvalue weighted by molar-refractivity contribution is 6.11. The quantitative estimate of drug-likeness (QED) is 0.324. The fraction of sp³-hybridized carbons (Fsp3) is 0.621. The second-order valence-corrected chi connectivity index (χ2v) is 9.98. The van der Waals surface area contributed by atoms with Gasteiger partial charge in [0.1, 0.15) is 11.5 Å². The van der Waals surface area contributed by atoms with Gasteiger partial charge in [0.2, 0.25) is 0 Å². The van der Waals surface area contributed by atoms with E-state index < -0.39 is 0 Å².